The summed E-state index contributed by atoms with van der Waals surface area (Å²) in [6.45, 7) is 5.58. The van der Waals surface area contributed by atoms with Gasteiger partial charge in [0.1, 0.15) is 5.03 Å². The third-order valence-electron chi connectivity index (χ3n) is 5.45. The van der Waals surface area contributed by atoms with E-state index in [1.54, 1.807) is 18.0 Å². The Bertz CT molecular complexity index is 799. The molecule has 0 bridgehead atoms. The van der Waals surface area contributed by atoms with Crippen LogP contribution in [0.3, 0.4) is 0 Å². The number of nitrogens with one attached hydrogen (secondary N) is 1. The van der Waals surface area contributed by atoms with Gasteiger partial charge in [-0.2, -0.15) is 0 Å². The number of piperidine rings is 1. The Morgan fingerprint density at radius 1 is 1.10 bits per heavy atom. The summed E-state index contributed by atoms with van der Waals surface area (Å²) >= 11 is 1.57. The minimum Gasteiger partial charge on any atom is -0.349 e. The average molecular weight is 412 g/mol. The standard InChI is InChI=1S/C23H29N3O2S/c1-3-17(4-2)23(28)26-15-12-19(13-16-26)25-22(27)18-8-10-20(11-9-18)29-21-7-5-6-14-24-21/h5-11,14,17,19H,3-4,12-13,15-16H2,1-2H3,(H,25,27). The Labute approximate surface area is 177 Å². The van der Waals surface area contributed by atoms with E-state index >= 15 is 0 Å². The number of amides is 2. The van der Waals surface area contributed by atoms with Crippen molar-refractivity contribution in [2.45, 2.75) is 55.5 Å². The van der Waals surface area contributed by atoms with Gasteiger partial charge >= 0.3 is 0 Å². The number of hydrogen-bond donors (Lipinski definition) is 1. The number of pyridine rings is 1. The number of aromatic nitrogens is 1. The molecule has 1 N–H and O–H groups in total. The van der Waals surface area contributed by atoms with Gasteiger partial charge in [-0.3, -0.25) is 9.59 Å². The van der Waals surface area contributed by atoms with Gasteiger partial charge in [0.15, 0.2) is 0 Å². The summed E-state index contributed by atoms with van der Waals surface area (Å²) in [5, 5.41) is 4.05. The minimum absolute atomic E-state index is 0.0517. The zero-order valence-corrected chi connectivity index (χ0v) is 18.0. The summed E-state index contributed by atoms with van der Waals surface area (Å²) in [7, 11) is 0. The van der Waals surface area contributed by atoms with Gasteiger partial charge < -0.3 is 10.2 Å². The molecule has 1 fully saturated rings. The Hall–Kier alpha value is -2.34. The fourth-order valence-corrected chi connectivity index (χ4v) is 4.39. The number of nitrogens with zero attached hydrogens (tertiary/aromatic N) is 2. The second-order valence-electron chi connectivity index (χ2n) is 7.38. The van der Waals surface area contributed by atoms with Crippen LogP contribution in [0.4, 0.5) is 0 Å². The lowest BCUT2D eigenvalue weighted by atomic mass is 9.98. The van der Waals surface area contributed by atoms with E-state index in [4.69, 9.17) is 0 Å². The molecule has 0 atom stereocenters. The maximum Gasteiger partial charge on any atom is 0.251 e. The molecule has 2 heterocycles. The van der Waals surface area contributed by atoms with Crippen LogP contribution in [0.1, 0.15) is 49.9 Å². The summed E-state index contributed by atoms with van der Waals surface area (Å²) in [5.41, 5.74) is 0.658. The van der Waals surface area contributed by atoms with Gasteiger partial charge in [0.2, 0.25) is 5.91 Å². The molecule has 29 heavy (non-hydrogen) atoms. The first kappa shape index (κ1) is 21.4. The van der Waals surface area contributed by atoms with E-state index in [-0.39, 0.29) is 23.8 Å². The van der Waals surface area contributed by atoms with Crippen molar-refractivity contribution in [1.29, 1.82) is 0 Å². The highest BCUT2D eigenvalue weighted by atomic mass is 32.2. The summed E-state index contributed by atoms with van der Waals surface area (Å²) < 4.78 is 0. The van der Waals surface area contributed by atoms with Gasteiger partial charge in [0, 0.05) is 41.7 Å². The smallest absolute Gasteiger partial charge is 0.251 e. The lowest BCUT2D eigenvalue weighted by molar-refractivity contribution is -0.136. The van der Waals surface area contributed by atoms with Gasteiger partial charge in [-0.15, -0.1) is 0 Å². The average Bonchev–Trinajstić information content (AvgIpc) is 2.76. The number of likely N-dealkylation sites (tertiary alicyclic amines) is 1. The molecule has 3 rings (SSSR count). The monoisotopic (exact) mass is 411 g/mol. The maximum absolute atomic E-state index is 12.6. The predicted octanol–water partition coefficient (Wildman–Crippen LogP) is 4.39. The fraction of sp³-hybridized carbons (Fsp3) is 0.435. The largest absolute Gasteiger partial charge is 0.349 e. The topological polar surface area (TPSA) is 62.3 Å². The van der Waals surface area contributed by atoms with Crippen LogP contribution in [0, 0.1) is 5.92 Å². The normalized spacial score (nSPS) is 14.8. The van der Waals surface area contributed by atoms with Crippen molar-refractivity contribution >= 4 is 23.6 Å². The summed E-state index contributed by atoms with van der Waals surface area (Å²) in [4.78, 5) is 32.4. The first-order valence-corrected chi connectivity index (χ1v) is 11.2. The molecule has 2 amide bonds. The molecule has 0 saturated carbocycles. The highest BCUT2D eigenvalue weighted by Crippen LogP contribution is 2.25. The first-order valence-electron chi connectivity index (χ1n) is 10.4. The maximum atomic E-state index is 12.6. The minimum atomic E-state index is -0.0517. The molecule has 5 nitrogen and oxygen atoms in total. The molecule has 2 aromatic rings. The van der Waals surface area contributed by atoms with Crippen LogP contribution in [-0.2, 0) is 4.79 Å². The van der Waals surface area contributed by atoms with Crippen LogP contribution in [0.2, 0.25) is 0 Å². The lowest BCUT2D eigenvalue weighted by Crippen LogP contribution is -2.48. The molecule has 1 saturated heterocycles. The molecule has 1 aromatic carbocycles. The fourth-order valence-electron chi connectivity index (χ4n) is 3.61. The molecule has 0 unspecified atom stereocenters. The van der Waals surface area contributed by atoms with E-state index in [1.807, 2.05) is 47.4 Å². The van der Waals surface area contributed by atoms with E-state index in [1.165, 1.54) is 0 Å². The zero-order valence-electron chi connectivity index (χ0n) is 17.1. The van der Waals surface area contributed by atoms with E-state index < -0.39 is 0 Å². The molecule has 6 heteroatoms. The van der Waals surface area contributed by atoms with E-state index in [0.717, 1.165) is 48.7 Å². The number of benzene rings is 1. The lowest BCUT2D eigenvalue weighted by Gasteiger charge is -2.34. The Morgan fingerprint density at radius 3 is 2.38 bits per heavy atom. The SMILES string of the molecule is CCC(CC)C(=O)N1CCC(NC(=O)c2ccc(Sc3ccccn3)cc2)CC1. The van der Waals surface area contributed by atoms with Crippen LogP contribution in [0.15, 0.2) is 58.6 Å². The van der Waals surface area contributed by atoms with Crippen LogP contribution >= 0.6 is 11.8 Å². The van der Waals surface area contributed by atoms with E-state index in [9.17, 15) is 9.59 Å². The Balaban J connectivity index is 1.49. The highest BCUT2D eigenvalue weighted by Gasteiger charge is 2.27. The van der Waals surface area contributed by atoms with Crippen molar-refractivity contribution in [3.8, 4) is 0 Å². The van der Waals surface area contributed by atoms with Crippen molar-refractivity contribution in [3.63, 3.8) is 0 Å². The zero-order chi connectivity index (χ0) is 20.6. The third-order valence-corrected chi connectivity index (χ3v) is 6.41. The summed E-state index contributed by atoms with van der Waals surface area (Å²) in [5.74, 6) is 0.341. The molecular formula is C23H29N3O2S. The molecule has 154 valence electrons. The Kier molecular flexibility index (Phi) is 7.69. The predicted molar refractivity (Wildman–Crippen MR) is 116 cm³/mol. The number of carbonyl (C=O) groups is 2. The molecule has 0 spiro atoms. The van der Waals surface area contributed by atoms with Crippen molar-refractivity contribution < 1.29 is 9.59 Å². The van der Waals surface area contributed by atoms with Crippen LogP contribution in [0.25, 0.3) is 0 Å². The first-order chi connectivity index (χ1) is 14.1. The summed E-state index contributed by atoms with van der Waals surface area (Å²) in [6.07, 6.45) is 5.17. The Morgan fingerprint density at radius 2 is 1.79 bits per heavy atom. The number of hydrogen-bond acceptors (Lipinski definition) is 4. The molecule has 1 aromatic heterocycles. The van der Waals surface area contributed by atoms with Crippen molar-refractivity contribution in [2.24, 2.45) is 5.92 Å². The van der Waals surface area contributed by atoms with Gasteiger partial charge in [0.25, 0.3) is 5.91 Å². The van der Waals surface area contributed by atoms with Crippen LogP contribution in [-0.4, -0.2) is 40.8 Å². The van der Waals surface area contributed by atoms with E-state index in [2.05, 4.69) is 24.1 Å². The number of rotatable bonds is 7. The van der Waals surface area contributed by atoms with Gasteiger partial charge in [-0.1, -0.05) is 31.7 Å². The van der Waals surface area contributed by atoms with Crippen molar-refractivity contribution in [2.75, 3.05) is 13.1 Å². The van der Waals surface area contributed by atoms with Crippen LogP contribution in [0.5, 0.6) is 0 Å². The van der Waals surface area contributed by atoms with Crippen molar-refractivity contribution in [3.05, 3.63) is 54.2 Å². The molecule has 0 aliphatic carbocycles. The quantitative estimate of drug-likeness (QED) is 0.734. The highest BCUT2D eigenvalue weighted by molar-refractivity contribution is 7.99. The number of carbonyl (C=O) groups excluding carboxylic acids is 2. The molecular weight excluding hydrogens is 382 g/mol. The molecule has 0 radical (unpaired) electrons. The summed E-state index contributed by atoms with van der Waals surface area (Å²) in [6, 6.07) is 13.5. The third kappa shape index (κ3) is 5.82. The van der Waals surface area contributed by atoms with Gasteiger partial charge in [-0.25, -0.2) is 4.98 Å². The van der Waals surface area contributed by atoms with Crippen LogP contribution < -0.4 is 5.32 Å². The van der Waals surface area contributed by atoms with Gasteiger partial charge in [-0.05, 0) is 62.1 Å². The second-order valence-corrected chi connectivity index (χ2v) is 8.47. The molecule has 1 aliphatic rings. The van der Waals surface area contributed by atoms with Gasteiger partial charge in [0.05, 0.1) is 0 Å². The van der Waals surface area contributed by atoms with E-state index in [0.29, 0.717) is 5.56 Å². The molecule has 1 aliphatic heterocycles. The van der Waals surface area contributed by atoms with Crippen molar-refractivity contribution in [1.82, 2.24) is 15.2 Å². The second kappa shape index (κ2) is 10.4.